The third-order valence-electron chi connectivity index (χ3n) is 4.39. The van der Waals surface area contributed by atoms with Crippen molar-refractivity contribution in [1.29, 1.82) is 0 Å². The van der Waals surface area contributed by atoms with Gasteiger partial charge in [-0.15, -0.1) is 0 Å². The average molecular weight is 341 g/mol. The molecule has 1 fully saturated rings. The fourth-order valence-electron chi connectivity index (χ4n) is 3.22. The summed E-state index contributed by atoms with van der Waals surface area (Å²) < 4.78 is 0. The molecule has 0 amide bonds. The molecule has 1 N–H and O–H groups in total. The lowest BCUT2D eigenvalue weighted by Crippen LogP contribution is -2.35. The van der Waals surface area contributed by atoms with Gasteiger partial charge in [0, 0.05) is 43.0 Å². The number of carboxylic acids is 1. The van der Waals surface area contributed by atoms with E-state index >= 15 is 0 Å². The third-order valence-corrected chi connectivity index (χ3v) is 4.39. The van der Waals surface area contributed by atoms with Crippen LogP contribution in [0.2, 0.25) is 0 Å². The third kappa shape index (κ3) is 4.49. The summed E-state index contributed by atoms with van der Waals surface area (Å²) in [7, 11) is 0. The van der Waals surface area contributed by atoms with Crippen molar-refractivity contribution in [3.8, 4) is 0 Å². The normalized spacial score (nSPS) is 17.5. The summed E-state index contributed by atoms with van der Waals surface area (Å²) in [6, 6.07) is 3.81. The predicted molar refractivity (Wildman–Crippen MR) is 93.7 cm³/mol. The molecule has 132 valence electrons. The first-order valence-corrected chi connectivity index (χ1v) is 8.62. The molecule has 0 bridgehead atoms. The van der Waals surface area contributed by atoms with Crippen LogP contribution in [0.3, 0.4) is 0 Å². The largest absolute Gasteiger partial charge is 0.481 e. The number of carbonyl (C=O) groups is 1. The summed E-state index contributed by atoms with van der Waals surface area (Å²) in [5.41, 5.74) is 1.69. The number of rotatable bonds is 5. The summed E-state index contributed by atoms with van der Waals surface area (Å²) >= 11 is 0. The molecule has 25 heavy (non-hydrogen) atoms. The first-order chi connectivity index (χ1) is 12.0. The Morgan fingerprint density at radius 3 is 2.92 bits per heavy atom. The molecule has 7 heteroatoms. The van der Waals surface area contributed by atoms with Crippen LogP contribution >= 0.6 is 0 Å². The predicted octanol–water partition coefficient (Wildman–Crippen LogP) is 2.28. The molecular formula is C18H23N5O2. The maximum atomic E-state index is 10.8. The van der Waals surface area contributed by atoms with Crippen molar-refractivity contribution in [1.82, 2.24) is 19.9 Å². The molecule has 3 heterocycles. The minimum atomic E-state index is -0.805. The van der Waals surface area contributed by atoms with Gasteiger partial charge in [-0.1, -0.05) is 0 Å². The molecule has 1 atom stereocenters. The van der Waals surface area contributed by atoms with E-state index in [2.05, 4.69) is 24.8 Å². The summed E-state index contributed by atoms with van der Waals surface area (Å²) in [5.74, 6) is 1.95. The highest BCUT2D eigenvalue weighted by Crippen LogP contribution is 2.27. The lowest BCUT2D eigenvalue weighted by atomic mass is 9.96. The molecule has 0 radical (unpaired) electrons. The van der Waals surface area contributed by atoms with Crippen LogP contribution in [0, 0.1) is 13.8 Å². The molecule has 3 rings (SSSR count). The fourth-order valence-corrected chi connectivity index (χ4v) is 3.22. The quantitative estimate of drug-likeness (QED) is 0.892. The van der Waals surface area contributed by atoms with Crippen LogP contribution in [0.25, 0.3) is 0 Å². The fraction of sp³-hybridized carbons (Fsp3) is 0.500. The zero-order valence-corrected chi connectivity index (χ0v) is 14.6. The summed E-state index contributed by atoms with van der Waals surface area (Å²) in [6.07, 6.45) is 4.40. The minimum Gasteiger partial charge on any atom is -0.481 e. The van der Waals surface area contributed by atoms with Crippen molar-refractivity contribution in [2.75, 3.05) is 18.0 Å². The smallest absolute Gasteiger partial charge is 0.303 e. The van der Waals surface area contributed by atoms with Crippen molar-refractivity contribution in [3.63, 3.8) is 0 Å². The van der Waals surface area contributed by atoms with E-state index in [1.807, 2.05) is 26.0 Å². The standard InChI is InChI=1S/C18H23N5O2/c1-12-10-15(5-6-17(24)25)22-18(20-12)14-4-3-9-23(11-14)16-7-8-19-13(2)21-16/h7-8,10,14H,3-6,9,11H2,1-2H3,(H,24,25)/t14-/m0/s1. The maximum Gasteiger partial charge on any atom is 0.303 e. The molecule has 2 aromatic heterocycles. The first-order valence-electron chi connectivity index (χ1n) is 8.62. The van der Waals surface area contributed by atoms with Crippen LogP contribution in [-0.4, -0.2) is 44.1 Å². The van der Waals surface area contributed by atoms with Gasteiger partial charge < -0.3 is 10.0 Å². The van der Waals surface area contributed by atoms with Crippen molar-refractivity contribution in [2.45, 2.75) is 45.4 Å². The number of carboxylic acid groups (broad SMARTS) is 1. The summed E-state index contributed by atoms with van der Waals surface area (Å²) in [4.78, 5) is 31.0. The average Bonchev–Trinajstić information content (AvgIpc) is 2.60. The highest BCUT2D eigenvalue weighted by molar-refractivity contribution is 5.66. The number of aryl methyl sites for hydroxylation is 3. The van der Waals surface area contributed by atoms with E-state index in [0.29, 0.717) is 6.42 Å². The van der Waals surface area contributed by atoms with E-state index in [1.165, 1.54) is 0 Å². The van der Waals surface area contributed by atoms with Crippen molar-refractivity contribution in [3.05, 3.63) is 41.4 Å². The highest BCUT2D eigenvalue weighted by atomic mass is 16.4. The highest BCUT2D eigenvalue weighted by Gasteiger charge is 2.25. The van der Waals surface area contributed by atoms with Gasteiger partial charge in [-0.05, 0) is 38.8 Å². The second-order valence-corrected chi connectivity index (χ2v) is 6.50. The van der Waals surface area contributed by atoms with Gasteiger partial charge in [0.05, 0.1) is 6.42 Å². The monoisotopic (exact) mass is 341 g/mol. The maximum absolute atomic E-state index is 10.8. The van der Waals surface area contributed by atoms with Gasteiger partial charge in [0.15, 0.2) is 0 Å². The Balaban J connectivity index is 1.77. The second-order valence-electron chi connectivity index (χ2n) is 6.50. The number of piperidine rings is 1. The number of aromatic nitrogens is 4. The topological polar surface area (TPSA) is 92.1 Å². The van der Waals surface area contributed by atoms with Gasteiger partial charge in [0.1, 0.15) is 17.5 Å². The van der Waals surface area contributed by atoms with E-state index in [9.17, 15) is 4.79 Å². The summed E-state index contributed by atoms with van der Waals surface area (Å²) in [6.45, 7) is 5.61. The zero-order chi connectivity index (χ0) is 17.8. The lowest BCUT2D eigenvalue weighted by molar-refractivity contribution is -0.136. The Labute approximate surface area is 147 Å². The summed E-state index contributed by atoms with van der Waals surface area (Å²) in [5, 5.41) is 8.88. The van der Waals surface area contributed by atoms with Gasteiger partial charge in [-0.3, -0.25) is 4.79 Å². The van der Waals surface area contributed by atoms with Crippen molar-refractivity contribution >= 4 is 11.8 Å². The Morgan fingerprint density at radius 1 is 1.32 bits per heavy atom. The van der Waals surface area contributed by atoms with Crippen LogP contribution in [0.15, 0.2) is 18.3 Å². The first kappa shape index (κ1) is 17.3. The minimum absolute atomic E-state index is 0.0902. The molecular weight excluding hydrogens is 318 g/mol. The van der Waals surface area contributed by atoms with Gasteiger partial charge in [0.2, 0.25) is 0 Å². The van der Waals surface area contributed by atoms with Crippen LogP contribution in [0.5, 0.6) is 0 Å². The molecule has 7 nitrogen and oxygen atoms in total. The molecule has 0 unspecified atom stereocenters. The van der Waals surface area contributed by atoms with Crippen LogP contribution in [0.4, 0.5) is 5.82 Å². The van der Waals surface area contributed by atoms with E-state index in [-0.39, 0.29) is 12.3 Å². The van der Waals surface area contributed by atoms with E-state index < -0.39 is 5.97 Å². The van der Waals surface area contributed by atoms with Crippen molar-refractivity contribution in [2.24, 2.45) is 0 Å². The molecule has 1 saturated heterocycles. The SMILES string of the molecule is Cc1cc(CCC(=O)O)nc([C@H]2CCCN(c3ccnc(C)n3)C2)n1. The number of hydrogen-bond donors (Lipinski definition) is 1. The number of aliphatic carboxylic acids is 1. The van der Waals surface area contributed by atoms with E-state index in [4.69, 9.17) is 5.11 Å². The number of anilines is 1. The van der Waals surface area contributed by atoms with Gasteiger partial charge in [0.25, 0.3) is 0 Å². The Kier molecular flexibility index (Phi) is 5.21. The molecule has 0 aromatic carbocycles. The molecule has 0 aliphatic carbocycles. The van der Waals surface area contributed by atoms with Crippen LogP contribution < -0.4 is 4.90 Å². The lowest BCUT2D eigenvalue weighted by Gasteiger charge is -2.33. The molecule has 1 aliphatic heterocycles. The zero-order valence-electron chi connectivity index (χ0n) is 14.6. The van der Waals surface area contributed by atoms with Gasteiger partial charge in [-0.2, -0.15) is 0 Å². The number of hydrogen-bond acceptors (Lipinski definition) is 6. The van der Waals surface area contributed by atoms with Gasteiger partial charge in [-0.25, -0.2) is 19.9 Å². The molecule has 0 spiro atoms. The van der Waals surface area contributed by atoms with Gasteiger partial charge >= 0.3 is 5.97 Å². The second kappa shape index (κ2) is 7.55. The Bertz CT molecular complexity index is 765. The Morgan fingerprint density at radius 2 is 2.16 bits per heavy atom. The number of nitrogens with zero attached hydrogens (tertiary/aromatic N) is 5. The van der Waals surface area contributed by atoms with Crippen LogP contribution in [-0.2, 0) is 11.2 Å². The van der Waals surface area contributed by atoms with Crippen molar-refractivity contribution < 1.29 is 9.90 Å². The van der Waals surface area contributed by atoms with E-state index in [0.717, 1.165) is 54.8 Å². The molecule has 2 aromatic rings. The Hall–Kier alpha value is -2.57. The van der Waals surface area contributed by atoms with Crippen LogP contribution in [0.1, 0.15) is 48.2 Å². The van der Waals surface area contributed by atoms with E-state index in [1.54, 1.807) is 6.20 Å². The molecule has 0 saturated carbocycles. The molecule has 1 aliphatic rings.